The predicted molar refractivity (Wildman–Crippen MR) is 77.3 cm³/mol. The van der Waals surface area contributed by atoms with E-state index in [-0.39, 0.29) is 6.54 Å². The molecule has 1 unspecified atom stereocenters. The van der Waals surface area contributed by atoms with Crippen LogP contribution < -0.4 is 10.6 Å². The molecule has 0 fully saturated rings. The SMILES string of the molecule is O=C(NCC(O)c1cccs1)C(=O)Nc1ccc(F)cc1. The quantitative estimate of drug-likeness (QED) is 0.752. The maximum absolute atomic E-state index is 12.7. The van der Waals surface area contributed by atoms with Crippen LogP contribution in [0.25, 0.3) is 0 Å². The lowest BCUT2D eigenvalue weighted by molar-refractivity contribution is -0.136. The number of rotatable bonds is 4. The van der Waals surface area contributed by atoms with Crippen LogP contribution in [-0.4, -0.2) is 23.5 Å². The van der Waals surface area contributed by atoms with Crippen LogP contribution in [0.5, 0.6) is 0 Å². The van der Waals surface area contributed by atoms with E-state index in [1.54, 1.807) is 12.1 Å². The first-order valence-electron chi connectivity index (χ1n) is 6.12. The lowest BCUT2D eigenvalue weighted by atomic mass is 10.3. The van der Waals surface area contributed by atoms with Crippen LogP contribution in [0.15, 0.2) is 41.8 Å². The largest absolute Gasteiger partial charge is 0.386 e. The highest BCUT2D eigenvalue weighted by molar-refractivity contribution is 7.10. The van der Waals surface area contributed by atoms with Gasteiger partial charge in [-0.25, -0.2) is 4.39 Å². The molecule has 2 rings (SSSR count). The molecule has 7 heteroatoms. The number of carbonyl (C=O) groups is 2. The van der Waals surface area contributed by atoms with Gasteiger partial charge in [0, 0.05) is 17.1 Å². The zero-order chi connectivity index (χ0) is 15.2. The van der Waals surface area contributed by atoms with E-state index in [1.807, 2.05) is 5.38 Å². The molecular formula is C14H13FN2O3S. The maximum Gasteiger partial charge on any atom is 0.313 e. The number of anilines is 1. The van der Waals surface area contributed by atoms with Crippen molar-refractivity contribution in [3.05, 3.63) is 52.5 Å². The summed E-state index contributed by atoms with van der Waals surface area (Å²) in [7, 11) is 0. The van der Waals surface area contributed by atoms with Crippen molar-refractivity contribution in [2.24, 2.45) is 0 Å². The summed E-state index contributed by atoms with van der Waals surface area (Å²) in [5, 5.41) is 16.3. The van der Waals surface area contributed by atoms with Gasteiger partial charge < -0.3 is 15.7 Å². The third-order valence-corrected chi connectivity index (χ3v) is 3.61. The number of hydrogen-bond acceptors (Lipinski definition) is 4. The van der Waals surface area contributed by atoms with Crippen LogP contribution in [0.3, 0.4) is 0 Å². The minimum Gasteiger partial charge on any atom is -0.386 e. The maximum atomic E-state index is 12.7. The molecule has 0 spiro atoms. The summed E-state index contributed by atoms with van der Waals surface area (Å²) < 4.78 is 12.7. The van der Waals surface area contributed by atoms with E-state index in [1.165, 1.54) is 35.6 Å². The van der Waals surface area contributed by atoms with Crippen LogP contribution in [0.4, 0.5) is 10.1 Å². The predicted octanol–water partition coefficient (Wildman–Crippen LogP) is 1.68. The molecule has 21 heavy (non-hydrogen) atoms. The molecule has 1 aromatic carbocycles. The zero-order valence-electron chi connectivity index (χ0n) is 10.9. The molecule has 5 nitrogen and oxygen atoms in total. The second-order valence-corrected chi connectivity index (χ2v) is 5.18. The molecule has 1 aromatic heterocycles. The number of amides is 2. The van der Waals surface area contributed by atoms with Gasteiger partial charge in [0.25, 0.3) is 0 Å². The summed E-state index contributed by atoms with van der Waals surface area (Å²) in [4.78, 5) is 23.9. The van der Waals surface area contributed by atoms with E-state index in [4.69, 9.17) is 0 Å². The summed E-state index contributed by atoms with van der Waals surface area (Å²) in [5.74, 6) is -2.17. The van der Waals surface area contributed by atoms with Crippen LogP contribution >= 0.6 is 11.3 Å². The lowest BCUT2D eigenvalue weighted by Crippen LogP contribution is -2.37. The molecule has 110 valence electrons. The van der Waals surface area contributed by atoms with Crippen LogP contribution in [0, 0.1) is 5.82 Å². The summed E-state index contributed by atoms with van der Waals surface area (Å²) in [6, 6.07) is 8.57. The average Bonchev–Trinajstić information content (AvgIpc) is 3.01. The Bertz CT molecular complexity index is 614. The number of thiophene rings is 1. The molecule has 2 aromatic rings. The van der Waals surface area contributed by atoms with E-state index >= 15 is 0 Å². The van der Waals surface area contributed by atoms with Crippen molar-refractivity contribution < 1.29 is 19.1 Å². The number of halogens is 1. The smallest absolute Gasteiger partial charge is 0.313 e. The Morgan fingerprint density at radius 1 is 1.19 bits per heavy atom. The van der Waals surface area contributed by atoms with Gasteiger partial charge in [-0.1, -0.05) is 6.07 Å². The topological polar surface area (TPSA) is 78.4 Å². The Labute approximate surface area is 124 Å². The van der Waals surface area contributed by atoms with Crippen molar-refractivity contribution in [1.29, 1.82) is 0 Å². The number of aliphatic hydroxyl groups excluding tert-OH is 1. The first-order chi connectivity index (χ1) is 10.1. The van der Waals surface area contributed by atoms with Gasteiger partial charge in [0.1, 0.15) is 11.9 Å². The molecule has 0 aliphatic carbocycles. The van der Waals surface area contributed by atoms with E-state index < -0.39 is 23.7 Å². The first kappa shape index (κ1) is 15.1. The Kier molecular flexibility index (Phi) is 5.02. The summed E-state index contributed by atoms with van der Waals surface area (Å²) in [5.41, 5.74) is 0.315. The molecule has 3 N–H and O–H groups in total. The van der Waals surface area contributed by atoms with Crippen LogP contribution in [-0.2, 0) is 9.59 Å². The van der Waals surface area contributed by atoms with Gasteiger partial charge in [-0.2, -0.15) is 0 Å². The molecule has 0 aliphatic heterocycles. The van der Waals surface area contributed by atoms with Gasteiger partial charge in [-0.3, -0.25) is 9.59 Å². The van der Waals surface area contributed by atoms with Crippen molar-refractivity contribution in [3.63, 3.8) is 0 Å². The van der Waals surface area contributed by atoms with Gasteiger partial charge in [0.2, 0.25) is 0 Å². The van der Waals surface area contributed by atoms with Gasteiger partial charge in [-0.05, 0) is 35.7 Å². The first-order valence-corrected chi connectivity index (χ1v) is 7.00. The zero-order valence-corrected chi connectivity index (χ0v) is 11.7. The molecule has 0 saturated heterocycles. The molecule has 1 heterocycles. The van der Waals surface area contributed by atoms with Gasteiger partial charge in [0.05, 0.1) is 0 Å². The molecule has 1 atom stereocenters. The fourth-order valence-electron chi connectivity index (χ4n) is 1.57. The Hall–Kier alpha value is -2.25. The fourth-order valence-corrected chi connectivity index (χ4v) is 2.28. The fraction of sp³-hybridized carbons (Fsp3) is 0.143. The molecule has 0 saturated carbocycles. The highest BCUT2D eigenvalue weighted by atomic mass is 32.1. The molecular weight excluding hydrogens is 295 g/mol. The van der Waals surface area contributed by atoms with Crippen molar-refractivity contribution in [3.8, 4) is 0 Å². The second kappa shape index (κ2) is 6.96. The van der Waals surface area contributed by atoms with E-state index in [2.05, 4.69) is 10.6 Å². The van der Waals surface area contributed by atoms with Crippen molar-refractivity contribution in [1.82, 2.24) is 5.32 Å². The summed E-state index contributed by atoms with van der Waals surface area (Å²) >= 11 is 1.36. The molecule has 0 bridgehead atoms. The molecule has 0 radical (unpaired) electrons. The van der Waals surface area contributed by atoms with E-state index in [0.717, 1.165) is 0 Å². The third-order valence-electron chi connectivity index (χ3n) is 2.64. The number of carbonyl (C=O) groups excluding carboxylic acids is 2. The average molecular weight is 308 g/mol. The van der Waals surface area contributed by atoms with Crippen LogP contribution in [0.2, 0.25) is 0 Å². The van der Waals surface area contributed by atoms with Crippen molar-refractivity contribution in [2.45, 2.75) is 6.10 Å². The minimum atomic E-state index is -0.875. The number of aliphatic hydroxyl groups is 1. The Balaban J connectivity index is 1.82. The van der Waals surface area contributed by atoms with E-state index in [9.17, 15) is 19.1 Å². The monoisotopic (exact) mass is 308 g/mol. The van der Waals surface area contributed by atoms with Crippen molar-refractivity contribution in [2.75, 3.05) is 11.9 Å². The normalized spacial score (nSPS) is 11.7. The molecule has 2 amide bonds. The Morgan fingerprint density at radius 2 is 1.90 bits per heavy atom. The number of hydrogen-bond donors (Lipinski definition) is 3. The van der Waals surface area contributed by atoms with Gasteiger partial charge in [0.15, 0.2) is 0 Å². The second-order valence-electron chi connectivity index (χ2n) is 4.20. The lowest BCUT2D eigenvalue weighted by Gasteiger charge is -2.10. The van der Waals surface area contributed by atoms with Crippen molar-refractivity contribution >= 4 is 28.8 Å². The minimum absolute atomic E-state index is 0.0593. The summed E-state index contributed by atoms with van der Waals surface area (Å²) in [6.07, 6.45) is -0.854. The third kappa shape index (κ3) is 4.37. The standard InChI is InChI=1S/C14H13FN2O3S/c15-9-3-5-10(6-4-9)17-14(20)13(19)16-8-11(18)12-2-1-7-21-12/h1-7,11,18H,8H2,(H,16,19)(H,17,20). The highest BCUT2D eigenvalue weighted by Gasteiger charge is 2.16. The number of benzene rings is 1. The van der Waals surface area contributed by atoms with Crippen LogP contribution in [0.1, 0.15) is 11.0 Å². The highest BCUT2D eigenvalue weighted by Crippen LogP contribution is 2.17. The van der Waals surface area contributed by atoms with Gasteiger partial charge >= 0.3 is 11.8 Å². The Morgan fingerprint density at radius 3 is 2.52 bits per heavy atom. The molecule has 0 aliphatic rings. The summed E-state index contributed by atoms with van der Waals surface area (Å²) in [6.45, 7) is -0.0593. The van der Waals surface area contributed by atoms with Gasteiger partial charge in [-0.15, -0.1) is 11.3 Å². The van der Waals surface area contributed by atoms with E-state index in [0.29, 0.717) is 10.6 Å². The number of nitrogens with one attached hydrogen (secondary N) is 2.